The number of piperidine rings is 1. The van der Waals surface area contributed by atoms with E-state index in [1.54, 1.807) is 0 Å². The zero-order valence-corrected chi connectivity index (χ0v) is 17.1. The van der Waals surface area contributed by atoms with Gasteiger partial charge < -0.3 is 25.0 Å². The molecule has 0 bridgehead atoms. The first-order valence-corrected chi connectivity index (χ1v) is 9.71. The van der Waals surface area contributed by atoms with E-state index in [2.05, 4.69) is 24.3 Å². The van der Waals surface area contributed by atoms with E-state index in [0.29, 0.717) is 18.4 Å². The lowest BCUT2D eigenvalue weighted by molar-refractivity contribution is -0.192. The molecule has 0 saturated carbocycles. The number of hydrogen-bond acceptors (Lipinski definition) is 4. The summed E-state index contributed by atoms with van der Waals surface area (Å²) in [6.07, 6.45) is -3.78. The summed E-state index contributed by atoms with van der Waals surface area (Å²) in [4.78, 5) is 25.5. The highest BCUT2D eigenvalue weighted by atomic mass is 19.4. The molecule has 10 heteroatoms. The minimum atomic E-state index is -5.08. The van der Waals surface area contributed by atoms with E-state index in [4.69, 9.17) is 14.6 Å². The minimum absolute atomic E-state index is 0.0443. The Morgan fingerprint density at radius 1 is 1.27 bits per heavy atom. The molecule has 1 aromatic carbocycles. The monoisotopic (exact) mass is 431 g/mol. The molecule has 30 heavy (non-hydrogen) atoms. The van der Waals surface area contributed by atoms with E-state index in [-0.39, 0.29) is 12.1 Å². The number of fused-ring (bicyclic) bond motifs is 1. The van der Waals surface area contributed by atoms with Crippen LogP contribution in [0.25, 0.3) is 0 Å². The van der Waals surface area contributed by atoms with E-state index < -0.39 is 12.1 Å². The van der Waals surface area contributed by atoms with Crippen molar-refractivity contribution in [3.05, 3.63) is 35.9 Å². The smallest absolute Gasteiger partial charge is 0.475 e. The molecule has 2 fully saturated rings. The lowest BCUT2D eigenvalue weighted by Gasteiger charge is -2.36. The highest BCUT2D eigenvalue weighted by Gasteiger charge is 2.42. The maximum absolute atomic E-state index is 12.5. The molecule has 7 nitrogen and oxygen atoms in total. The van der Waals surface area contributed by atoms with Gasteiger partial charge in [-0.15, -0.1) is 0 Å². The fourth-order valence-corrected chi connectivity index (χ4v) is 3.65. The quantitative estimate of drug-likeness (QED) is 0.765. The van der Waals surface area contributed by atoms with Crippen LogP contribution in [-0.2, 0) is 16.1 Å². The number of carboxylic acid groups (broad SMARTS) is 1. The Labute approximate surface area is 173 Å². The number of aliphatic carboxylic acids is 1. The lowest BCUT2D eigenvalue weighted by atomic mass is 9.84. The second-order valence-corrected chi connectivity index (χ2v) is 7.74. The van der Waals surface area contributed by atoms with Gasteiger partial charge in [-0.25, -0.2) is 9.59 Å². The van der Waals surface area contributed by atoms with Crippen LogP contribution in [0.3, 0.4) is 0 Å². The topological polar surface area (TPSA) is 82.1 Å². The first-order valence-electron chi connectivity index (χ1n) is 9.71. The first kappa shape index (κ1) is 23.9. The molecule has 0 spiro atoms. The van der Waals surface area contributed by atoms with Crippen LogP contribution in [-0.4, -0.2) is 79.5 Å². The molecule has 2 aliphatic heterocycles. The third-order valence-corrected chi connectivity index (χ3v) is 5.17. The van der Waals surface area contributed by atoms with Crippen LogP contribution in [0.5, 0.6) is 0 Å². The molecule has 0 aromatic heterocycles. The number of benzene rings is 1. The van der Waals surface area contributed by atoms with Crippen molar-refractivity contribution in [3.63, 3.8) is 0 Å². The molecule has 3 atom stereocenters. The average molecular weight is 431 g/mol. The van der Waals surface area contributed by atoms with Crippen molar-refractivity contribution in [1.29, 1.82) is 0 Å². The molecule has 0 radical (unpaired) electrons. The number of ether oxygens (including phenoxy) is 1. The number of rotatable bonds is 4. The Kier molecular flexibility index (Phi) is 8.48. The molecule has 2 amide bonds. The molecule has 1 aromatic rings. The fourth-order valence-electron chi connectivity index (χ4n) is 3.65. The van der Waals surface area contributed by atoms with Gasteiger partial charge in [0, 0.05) is 32.1 Å². The summed E-state index contributed by atoms with van der Waals surface area (Å²) in [5.41, 5.74) is 1.13. The number of amides is 2. The number of halogens is 3. The Morgan fingerprint density at radius 2 is 1.90 bits per heavy atom. The number of alkyl halides is 3. The van der Waals surface area contributed by atoms with E-state index in [1.165, 1.54) is 0 Å². The largest absolute Gasteiger partial charge is 0.490 e. The van der Waals surface area contributed by atoms with Crippen molar-refractivity contribution >= 4 is 12.0 Å². The molecule has 0 unspecified atom stereocenters. The molecule has 2 N–H and O–H groups in total. The van der Waals surface area contributed by atoms with E-state index in [9.17, 15) is 18.0 Å². The number of hydrogen-bond donors (Lipinski definition) is 2. The van der Waals surface area contributed by atoms with Gasteiger partial charge in [-0.3, -0.25) is 0 Å². The summed E-state index contributed by atoms with van der Waals surface area (Å²) in [6.45, 7) is 4.01. The van der Waals surface area contributed by atoms with E-state index in [0.717, 1.165) is 38.2 Å². The summed E-state index contributed by atoms with van der Waals surface area (Å²) >= 11 is 0. The SMILES string of the molecule is CN(C)C[C@H]1OC[C@@H]2CCN(C(=O)NCc3ccccc3)C[C@@H]21.O=C(O)C(F)(F)F. The Morgan fingerprint density at radius 3 is 2.47 bits per heavy atom. The molecule has 2 heterocycles. The Bertz CT molecular complexity index is 700. The number of nitrogens with one attached hydrogen (secondary N) is 1. The third kappa shape index (κ3) is 7.17. The van der Waals surface area contributed by atoms with Gasteiger partial charge in [0.05, 0.1) is 12.7 Å². The number of nitrogens with zero attached hydrogens (tertiary/aromatic N) is 2. The van der Waals surface area contributed by atoms with Crippen LogP contribution < -0.4 is 5.32 Å². The Hall–Kier alpha value is -2.33. The molecule has 2 aliphatic rings. The zero-order chi connectivity index (χ0) is 22.3. The van der Waals surface area contributed by atoms with Gasteiger partial charge >= 0.3 is 18.2 Å². The van der Waals surface area contributed by atoms with Crippen LogP contribution in [0.4, 0.5) is 18.0 Å². The van der Waals surface area contributed by atoms with Crippen LogP contribution in [0.1, 0.15) is 12.0 Å². The number of urea groups is 1. The van der Waals surface area contributed by atoms with Crippen molar-refractivity contribution in [2.24, 2.45) is 11.8 Å². The third-order valence-electron chi connectivity index (χ3n) is 5.17. The van der Waals surface area contributed by atoms with Gasteiger partial charge in [-0.05, 0) is 32.0 Å². The first-order chi connectivity index (χ1) is 14.1. The number of likely N-dealkylation sites (N-methyl/N-ethyl adjacent to an activating group) is 1. The highest BCUT2D eigenvalue weighted by Crippen LogP contribution is 2.34. The van der Waals surface area contributed by atoms with Crippen molar-refractivity contribution in [1.82, 2.24) is 15.1 Å². The highest BCUT2D eigenvalue weighted by molar-refractivity contribution is 5.74. The van der Waals surface area contributed by atoms with Gasteiger partial charge in [0.15, 0.2) is 0 Å². The van der Waals surface area contributed by atoms with E-state index in [1.807, 2.05) is 35.2 Å². The summed E-state index contributed by atoms with van der Waals surface area (Å²) < 4.78 is 37.7. The second-order valence-electron chi connectivity index (χ2n) is 7.74. The maximum Gasteiger partial charge on any atom is 0.490 e. The van der Waals surface area contributed by atoms with E-state index >= 15 is 0 Å². The van der Waals surface area contributed by atoms with Crippen LogP contribution in [0.15, 0.2) is 30.3 Å². The maximum atomic E-state index is 12.5. The molecule has 2 saturated heterocycles. The summed E-state index contributed by atoms with van der Waals surface area (Å²) in [6, 6.07) is 10.1. The van der Waals surface area contributed by atoms with Crippen molar-refractivity contribution in [3.8, 4) is 0 Å². The van der Waals surface area contributed by atoms with Gasteiger partial charge in [-0.1, -0.05) is 30.3 Å². The van der Waals surface area contributed by atoms with Gasteiger partial charge in [0.25, 0.3) is 0 Å². The van der Waals surface area contributed by atoms with Gasteiger partial charge in [0.2, 0.25) is 0 Å². The fraction of sp³-hybridized carbons (Fsp3) is 0.600. The molecule has 3 rings (SSSR count). The Balaban J connectivity index is 0.000000396. The minimum Gasteiger partial charge on any atom is -0.475 e. The van der Waals surface area contributed by atoms with Crippen LogP contribution in [0, 0.1) is 11.8 Å². The van der Waals surface area contributed by atoms with Gasteiger partial charge in [-0.2, -0.15) is 13.2 Å². The lowest BCUT2D eigenvalue weighted by Crippen LogP contribution is -2.50. The molecule has 168 valence electrons. The van der Waals surface area contributed by atoms with Crippen LogP contribution >= 0.6 is 0 Å². The molecular formula is C20H28F3N3O4. The van der Waals surface area contributed by atoms with Crippen molar-refractivity contribution < 1.29 is 32.6 Å². The number of carbonyl (C=O) groups excluding carboxylic acids is 1. The average Bonchev–Trinajstić information content (AvgIpc) is 3.08. The van der Waals surface area contributed by atoms with Crippen LogP contribution in [0.2, 0.25) is 0 Å². The predicted molar refractivity (Wildman–Crippen MR) is 104 cm³/mol. The second kappa shape index (κ2) is 10.6. The standard InChI is InChI=1S/C18H27N3O2.C2HF3O2/c1-20(2)12-17-16-11-21(9-8-15(16)13-23-17)18(22)19-10-14-6-4-3-5-7-14;3-2(4,5)1(6)7/h3-7,15-17H,8-13H2,1-2H3,(H,19,22);(H,6,7)/t15-,16-,17+;/m0./s1. The number of carbonyl (C=O) groups is 2. The van der Waals surface area contributed by atoms with Gasteiger partial charge in [0.1, 0.15) is 0 Å². The zero-order valence-electron chi connectivity index (χ0n) is 17.1. The van der Waals surface area contributed by atoms with Crippen molar-refractivity contribution in [2.75, 3.05) is 40.3 Å². The predicted octanol–water partition coefficient (Wildman–Crippen LogP) is 2.43. The number of carboxylic acids is 1. The number of likely N-dealkylation sites (tertiary alicyclic amines) is 1. The molecular weight excluding hydrogens is 403 g/mol. The normalized spacial score (nSPS) is 23.4. The summed E-state index contributed by atoms with van der Waals surface area (Å²) in [7, 11) is 4.15. The molecule has 0 aliphatic carbocycles. The van der Waals surface area contributed by atoms with Crippen molar-refractivity contribution in [2.45, 2.75) is 25.2 Å². The summed E-state index contributed by atoms with van der Waals surface area (Å²) in [5.74, 6) is -1.68. The summed E-state index contributed by atoms with van der Waals surface area (Å²) in [5, 5.41) is 10.2.